The highest BCUT2D eigenvalue weighted by molar-refractivity contribution is 5.94. The molecule has 1 saturated heterocycles. The van der Waals surface area contributed by atoms with Crippen molar-refractivity contribution >= 4 is 17.7 Å². The van der Waals surface area contributed by atoms with Crippen LogP contribution >= 0.6 is 0 Å². The molecule has 5 heteroatoms. The van der Waals surface area contributed by atoms with Crippen LogP contribution in [0.5, 0.6) is 0 Å². The fraction of sp³-hybridized carbons (Fsp3) is 0.467. The minimum Gasteiger partial charge on any atom is -0.480 e. The van der Waals surface area contributed by atoms with Crippen LogP contribution in [0.15, 0.2) is 24.3 Å². The lowest BCUT2D eigenvalue weighted by atomic mass is 10.2. The number of aliphatic carboxylic acids is 1. The van der Waals surface area contributed by atoms with Gasteiger partial charge in [0.25, 0.3) is 0 Å². The van der Waals surface area contributed by atoms with Gasteiger partial charge in [0.1, 0.15) is 6.04 Å². The second-order valence-electron chi connectivity index (χ2n) is 5.06. The van der Waals surface area contributed by atoms with E-state index >= 15 is 0 Å². The molecular weight excluding hydrogens is 256 g/mol. The number of aryl methyl sites for hydroxylation is 1. The van der Waals surface area contributed by atoms with Gasteiger partial charge in [0.15, 0.2) is 0 Å². The molecule has 1 aromatic rings. The zero-order valence-corrected chi connectivity index (χ0v) is 11.9. The minimum atomic E-state index is -0.920. The number of nitrogens with zero attached hydrogens (tertiary/aromatic N) is 2. The van der Waals surface area contributed by atoms with E-state index in [0.717, 1.165) is 17.7 Å². The van der Waals surface area contributed by atoms with Crippen LogP contribution in [-0.2, 0) is 4.79 Å². The molecule has 1 aliphatic heterocycles. The van der Waals surface area contributed by atoms with E-state index in [1.807, 2.05) is 38.1 Å². The molecule has 1 fully saturated rings. The third kappa shape index (κ3) is 2.76. The molecular formula is C15H20N2O3. The highest BCUT2D eigenvalue weighted by Crippen LogP contribution is 2.23. The standard InChI is InChI=1S/C15H20N2O3/c1-3-16(12-7-4-6-11(2)10-12)15(20)17-9-5-8-13(17)14(18)19/h4,6-7,10,13H,3,5,8-9H2,1-2H3,(H,18,19)/t13-/m0/s1. The van der Waals surface area contributed by atoms with Crippen LogP contribution in [0.2, 0.25) is 0 Å². The Labute approximate surface area is 118 Å². The van der Waals surface area contributed by atoms with Crippen LogP contribution in [0, 0.1) is 6.92 Å². The van der Waals surface area contributed by atoms with Crippen LogP contribution in [0.4, 0.5) is 10.5 Å². The molecule has 1 aromatic carbocycles. The molecule has 0 aromatic heterocycles. The molecule has 1 aliphatic rings. The van der Waals surface area contributed by atoms with E-state index in [1.54, 1.807) is 4.90 Å². The lowest BCUT2D eigenvalue weighted by molar-refractivity contribution is -0.141. The van der Waals surface area contributed by atoms with Crippen molar-refractivity contribution in [1.82, 2.24) is 4.90 Å². The number of likely N-dealkylation sites (tertiary alicyclic amines) is 1. The number of carbonyl (C=O) groups excluding carboxylic acids is 1. The minimum absolute atomic E-state index is 0.219. The quantitative estimate of drug-likeness (QED) is 0.922. The first-order valence-corrected chi connectivity index (χ1v) is 6.92. The Morgan fingerprint density at radius 2 is 2.20 bits per heavy atom. The van der Waals surface area contributed by atoms with Gasteiger partial charge < -0.3 is 10.0 Å². The summed E-state index contributed by atoms with van der Waals surface area (Å²) >= 11 is 0. The molecule has 2 amide bonds. The van der Waals surface area contributed by atoms with Crippen molar-refractivity contribution in [3.05, 3.63) is 29.8 Å². The van der Waals surface area contributed by atoms with E-state index in [-0.39, 0.29) is 6.03 Å². The third-order valence-electron chi connectivity index (χ3n) is 3.64. The summed E-state index contributed by atoms with van der Waals surface area (Å²) in [5.74, 6) is -0.920. The Kier molecular flexibility index (Phi) is 4.27. The molecule has 1 N–H and O–H groups in total. The summed E-state index contributed by atoms with van der Waals surface area (Å²) in [6, 6.07) is 6.77. The molecule has 5 nitrogen and oxygen atoms in total. The van der Waals surface area contributed by atoms with E-state index in [1.165, 1.54) is 4.90 Å². The normalized spacial score (nSPS) is 18.1. The summed E-state index contributed by atoms with van der Waals surface area (Å²) in [7, 11) is 0. The van der Waals surface area contributed by atoms with Gasteiger partial charge in [-0.05, 0) is 44.4 Å². The van der Waals surface area contributed by atoms with E-state index in [9.17, 15) is 14.7 Å². The number of rotatable bonds is 3. The van der Waals surface area contributed by atoms with E-state index < -0.39 is 12.0 Å². The fourth-order valence-corrected chi connectivity index (χ4v) is 2.63. The second kappa shape index (κ2) is 5.94. The molecule has 2 rings (SSSR count). The van der Waals surface area contributed by atoms with E-state index in [0.29, 0.717) is 19.5 Å². The number of carboxylic acid groups (broad SMARTS) is 1. The third-order valence-corrected chi connectivity index (χ3v) is 3.64. The molecule has 108 valence electrons. The van der Waals surface area contributed by atoms with Crippen molar-refractivity contribution in [1.29, 1.82) is 0 Å². The van der Waals surface area contributed by atoms with Gasteiger partial charge >= 0.3 is 12.0 Å². The van der Waals surface area contributed by atoms with Crippen LogP contribution in [0.1, 0.15) is 25.3 Å². The average Bonchev–Trinajstić information content (AvgIpc) is 2.89. The smallest absolute Gasteiger partial charge is 0.326 e. The monoisotopic (exact) mass is 276 g/mol. The maximum atomic E-state index is 12.6. The van der Waals surface area contributed by atoms with Crippen molar-refractivity contribution in [2.75, 3.05) is 18.0 Å². The van der Waals surface area contributed by atoms with Crippen molar-refractivity contribution in [3.63, 3.8) is 0 Å². The number of carboxylic acids is 1. The Morgan fingerprint density at radius 3 is 2.80 bits per heavy atom. The predicted octanol–water partition coefficient (Wildman–Crippen LogP) is 2.49. The average molecular weight is 276 g/mol. The topological polar surface area (TPSA) is 60.9 Å². The molecule has 0 unspecified atom stereocenters. The maximum absolute atomic E-state index is 12.6. The fourth-order valence-electron chi connectivity index (χ4n) is 2.63. The second-order valence-corrected chi connectivity index (χ2v) is 5.06. The first-order chi connectivity index (χ1) is 9.54. The van der Waals surface area contributed by atoms with Gasteiger partial charge in [-0.15, -0.1) is 0 Å². The summed E-state index contributed by atoms with van der Waals surface area (Å²) < 4.78 is 0. The van der Waals surface area contributed by atoms with Gasteiger partial charge in [-0.3, -0.25) is 4.90 Å². The molecule has 20 heavy (non-hydrogen) atoms. The summed E-state index contributed by atoms with van der Waals surface area (Å²) in [4.78, 5) is 26.9. The van der Waals surface area contributed by atoms with Crippen LogP contribution in [0.3, 0.4) is 0 Å². The highest BCUT2D eigenvalue weighted by Gasteiger charge is 2.36. The van der Waals surface area contributed by atoms with E-state index in [4.69, 9.17) is 0 Å². The maximum Gasteiger partial charge on any atom is 0.326 e. The SMILES string of the molecule is CCN(C(=O)N1CCC[C@H]1C(=O)O)c1cccc(C)c1. The van der Waals surface area contributed by atoms with Gasteiger partial charge in [-0.1, -0.05) is 12.1 Å². The lowest BCUT2D eigenvalue weighted by Crippen LogP contribution is -2.48. The van der Waals surface area contributed by atoms with Crippen molar-refractivity contribution in [3.8, 4) is 0 Å². The summed E-state index contributed by atoms with van der Waals surface area (Å²) in [5.41, 5.74) is 1.89. The highest BCUT2D eigenvalue weighted by atomic mass is 16.4. The summed E-state index contributed by atoms with van der Waals surface area (Å²) in [6.07, 6.45) is 1.28. The number of benzene rings is 1. The molecule has 1 heterocycles. The van der Waals surface area contributed by atoms with Gasteiger partial charge in [0, 0.05) is 18.8 Å². The van der Waals surface area contributed by atoms with Crippen LogP contribution < -0.4 is 4.90 Å². The zero-order chi connectivity index (χ0) is 14.7. The van der Waals surface area contributed by atoms with Gasteiger partial charge in [0.2, 0.25) is 0 Å². The molecule has 0 saturated carbocycles. The number of anilines is 1. The van der Waals surface area contributed by atoms with Crippen molar-refractivity contribution < 1.29 is 14.7 Å². The first kappa shape index (κ1) is 14.4. The van der Waals surface area contributed by atoms with Crippen molar-refractivity contribution in [2.24, 2.45) is 0 Å². The number of amides is 2. The number of urea groups is 1. The van der Waals surface area contributed by atoms with Gasteiger partial charge in [0.05, 0.1) is 0 Å². The predicted molar refractivity (Wildman–Crippen MR) is 77.0 cm³/mol. The zero-order valence-electron chi connectivity index (χ0n) is 11.9. The van der Waals surface area contributed by atoms with Crippen LogP contribution in [-0.4, -0.2) is 41.1 Å². The number of hydrogen-bond donors (Lipinski definition) is 1. The Balaban J connectivity index is 2.23. The number of carbonyl (C=O) groups is 2. The largest absolute Gasteiger partial charge is 0.480 e. The summed E-state index contributed by atoms with van der Waals surface area (Å²) in [5, 5.41) is 9.19. The van der Waals surface area contributed by atoms with Gasteiger partial charge in [-0.25, -0.2) is 9.59 Å². The van der Waals surface area contributed by atoms with E-state index in [2.05, 4.69) is 0 Å². The Hall–Kier alpha value is -2.04. The molecule has 0 aliphatic carbocycles. The molecule has 1 atom stereocenters. The van der Waals surface area contributed by atoms with Crippen LogP contribution in [0.25, 0.3) is 0 Å². The number of hydrogen-bond acceptors (Lipinski definition) is 2. The Morgan fingerprint density at radius 1 is 1.45 bits per heavy atom. The first-order valence-electron chi connectivity index (χ1n) is 6.92. The molecule has 0 spiro atoms. The molecule has 0 radical (unpaired) electrons. The molecule has 0 bridgehead atoms. The Bertz CT molecular complexity index is 516. The summed E-state index contributed by atoms with van der Waals surface area (Å²) in [6.45, 7) is 4.90. The lowest BCUT2D eigenvalue weighted by Gasteiger charge is -2.29. The van der Waals surface area contributed by atoms with Gasteiger partial charge in [-0.2, -0.15) is 0 Å². The van der Waals surface area contributed by atoms with Crippen molar-refractivity contribution in [2.45, 2.75) is 32.7 Å².